The van der Waals surface area contributed by atoms with Crippen molar-refractivity contribution >= 4 is 35.2 Å². The Labute approximate surface area is 396 Å². The van der Waals surface area contributed by atoms with E-state index in [0.29, 0.717) is 11.8 Å². The van der Waals surface area contributed by atoms with E-state index in [9.17, 15) is 0 Å². The van der Waals surface area contributed by atoms with Gasteiger partial charge in [-0.3, -0.25) is 4.98 Å². The number of hydrogen-bond donors (Lipinski definition) is 0. The maximum Gasteiger partial charge on any atom is 0.121 e. The van der Waals surface area contributed by atoms with Gasteiger partial charge in [0.1, 0.15) is 5.58 Å². The van der Waals surface area contributed by atoms with Gasteiger partial charge in [-0.25, -0.2) is 0 Å². The van der Waals surface area contributed by atoms with Gasteiger partial charge >= 0.3 is 0 Å². The van der Waals surface area contributed by atoms with Crippen LogP contribution >= 0.6 is 0 Å². The van der Waals surface area contributed by atoms with E-state index in [4.69, 9.17) is 14.4 Å². The summed E-state index contributed by atoms with van der Waals surface area (Å²) in [6.45, 7) is 22.6. The Kier molecular flexibility index (Phi) is 14.4. The van der Waals surface area contributed by atoms with Gasteiger partial charge in [0.25, 0.3) is 0 Å². The molecule has 331 valence electrons. The molecule has 1 saturated carbocycles. The van der Waals surface area contributed by atoms with E-state index in [-0.39, 0.29) is 25.5 Å². The number of nitrogens with zero attached hydrogens (tertiary/aromatic N) is 3. The molecule has 0 amide bonds. The minimum Gasteiger partial charge on any atom is -0.501 e. The Bertz CT molecular complexity index is 2840. The van der Waals surface area contributed by atoms with Gasteiger partial charge in [0.15, 0.2) is 0 Å². The Morgan fingerprint density at radius 1 is 0.734 bits per heavy atom. The standard InChI is InChI=1S/C33H32NO.C25H31N2Si.Ir/c1-33(2,3)28-17-16-26(29-20-25(18-19-34-29)23-12-8-5-9-13-23)32-31(28)27-15-14-24(21-30(27)35-32)22-10-6-4-7-11-22;1-17(2)12-23-15-24(26-16-25(23)28(5,6)7)21-10-8-20(9-11-21)22-13-18(3)27-19(4)14-22;/h4,6-7,10-11,14-15,17-21,23H,5,8-9,12-13H2,1-3H3;8-10,13-17H,12H2,1-7H3;/q2*-1;. The maximum absolute atomic E-state index is 6.65. The molecule has 0 spiro atoms. The zero-order valence-electron chi connectivity index (χ0n) is 39.5. The first-order valence-corrected chi connectivity index (χ1v) is 26.5. The second-order valence-corrected chi connectivity index (χ2v) is 25.3. The Balaban J connectivity index is 0.000000194. The van der Waals surface area contributed by atoms with Crippen molar-refractivity contribution in [3.05, 3.63) is 156 Å². The van der Waals surface area contributed by atoms with Gasteiger partial charge in [-0.15, -0.1) is 47.5 Å². The Hall–Kier alpha value is -5.00. The van der Waals surface area contributed by atoms with Crippen LogP contribution in [0.2, 0.25) is 19.6 Å². The smallest absolute Gasteiger partial charge is 0.121 e. The van der Waals surface area contributed by atoms with E-state index in [2.05, 4.69) is 181 Å². The summed E-state index contributed by atoms with van der Waals surface area (Å²) in [5, 5.41) is 3.82. The average Bonchev–Trinajstić information content (AvgIpc) is 3.65. The third-order valence-corrected chi connectivity index (χ3v) is 14.6. The quantitative estimate of drug-likeness (QED) is 0.112. The van der Waals surface area contributed by atoms with Gasteiger partial charge in [0, 0.05) is 49.3 Å². The van der Waals surface area contributed by atoms with Crippen molar-refractivity contribution in [2.45, 2.75) is 118 Å². The van der Waals surface area contributed by atoms with Crippen LogP contribution in [0.4, 0.5) is 0 Å². The Morgan fingerprint density at radius 2 is 1.45 bits per heavy atom. The third kappa shape index (κ3) is 10.6. The summed E-state index contributed by atoms with van der Waals surface area (Å²) in [5.41, 5.74) is 16.7. The molecular weight excluding hydrogens is 975 g/mol. The first-order valence-electron chi connectivity index (χ1n) is 23.0. The third-order valence-electron chi connectivity index (χ3n) is 12.5. The molecule has 0 bridgehead atoms. The molecule has 4 aromatic carbocycles. The number of benzene rings is 4. The molecular formula is C58H63IrN3OSi-2. The molecule has 4 nitrogen and oxygen atoms in total. The molecule has 6 heteroatoms. The fourth-order valence-electron chi connectivity index (χ4n) is 9.38. The maximum atomic E-state index is 6.65. The van der Waals surface area contributed by atoms with Gasteiger partial charge in [-0.05, 0) is 102 Å². The van der Waals surface area contributed by atoms with Crippen LogP contribution in [-0.4, -0.2) is 23.0 Å². The monoisotopic (exact) mass is 1040 g/mol. The summed E-state index contributed by atoms with van der Waals surface area (Å²) >= 11 is 0. The molecule has 1 aliphatic rings. The van der Waals surface area contributed by atoms with E-state index in [1.54, 1.807) is 0 Å². The largest absolute Gasteiger partial charge is 0.501 e. The second-order valence-electron chi connectivity index (χ2n) is 20.2. The molecule has 1 fully saturated rings. The summed E-state index contributed by atoms with van der Waals surface area (Å²) in [4.78, 5) is 14.1. The van der Waals surface area contributed by atoms with Gasteiger partial charge < -0.3 is 14.4 Å². The number of furan rings is 1. The molecule has 0 N–H and O–H groups in total. The first kappa shape index (κ1) is 47.0. The van der Waals surface area contributed by atoms with E-state index >= 15 is 0 Å². The molecule has 4 heterocycles. The van der Waals surface area contributed by atoms with Crippen LogP contribution in [0.1, 0.15) is 101 Å². The zero-order valence-corrected chi connectivity index (χ0v) is 42.8. The van der Waals surface area contributed by atoms with Gasteiger partial charge in [-0.2, -0.15) is 0 Å². The van der Waals surface area contributed by atoms with E-state index < -0.39 is 8.07 Å². The molecule has 0 aliphatic heterocycles. The number of rotatable bonds is 8. The molecule has 9 rings (SSSR count). The molecule has 8 aromatic rings. The van der Waals surface area contributed by atoms with E-state index in [1.807, 2.05) is 20.0 Å². The topological polar surface area (TPSA) is 51.8 Å². The van der Waals surface area contributed by atoms with Crippen molar-refractivity contribution in [1.29, 1.82) is 0 Å². The molecule has 4 aromatic heterocycles. The number of fused-ring (bicyclic) bond motifs is 3. The van der Waals surface area contributed by atoms with Crippen molar-refractivity contribution in [3.8, 4) is 44.8 Å². The van der Waals surface area contributed by atoms with Crippen LogP contribution in [0.15, 0.2) is 120 Å². The van der Waals surface area contributed by atoms with E-state index in [1.165, 1.54) is 76.1 Å². The van der Waals surface area contributed by atoms with Gasteiger partial charge in [0.05, 0.1) is 13.7 Å². The summed E-state index contributed by atoms with van der Waals surface area (Å²) in [5.74, 6) is 1.27. The molecule has 0 unspecified atom stereocenters. The van der Waals surface area contributed by atoms with Crippen molar-refractivity contribution in [2.75, 3.05) is 0 Å². The zero-order chi connectivity index (χ0) is 44.5. The summed E-state index contributed by atoms with van der Waals surface area (Å²) < 4.78 is 6.65. The number of aryl methyl sites for hydroxylation is 2. The summed E-state index contributed by atoms with van der Waals surface area (Å²) in [6, 6.07) is 43.7. The Morgan fingerprint density at radius 3 is 2.11 bits per heavy atom. The van der Waals surface area contributed by atoms with Crippen LogP contribution in [0.5, 0.6) is 0 Å². The van der Waals surface area contributed by atoms with Crippen LogP contribution < -0.4 is 5.19 Å². The minimum atomic E-state index is -1.41. The summed E-state index contributed by atoms with van der Waals surface area (Å²) in [7, 11) is -1.41. The van der Waals surface area contributed by atoms with Crippen molar-refractivity contribution in [3.63, 3.8) is 0 Å². The van der Waals surface area contributed by atoms with Crippen molar-refractivity contribution in [1.82, 2.24) is 15.0 Å². The van der Waals surface area contributed by atoms with Gasteiger partial charge in [-0.1, -0.05) is 161 Å². The minimum absolute atomic E-state index is 0. The first-order chi connectivity index (χ1) is 30.1. The number of hydrogen-bond acceptors (Lipinski definition) is 4. The van der Waals surface area contributed by atoms with E-state index in [0.717, 1.165) is 62.4 Å². The molecule has 0 saturated heterocycles. The number of pyridine rings is 3. The van der Waals surface area contributed by atoms with Gasteiger partial charge in [0.2, 0.25) is 0 Å². The SMILES string of the molecule is CC(C)(C)c1c[c-]c(-c2cc(C3CCCCC3)ccn2)c2oc3cc(-c4ccccc4)ccc3c12.Cc1cc(-c2c[c-]c(-c3cc(CC(C)C)c([Si](C)(C)C)cn3)cc2)cc(C)n1.[Ir]. The van der Waals surface area contributed by atoms with Crippen molar-refractivity contribution < 1.29 is 24.5 Å². The fraction of sp³-hybridized carbons (Fsp3) is 0.328. The molecule has 0 atom stereocenters. The fourth-order valence-corrected chi connectivity index (χ4v) is 11.0. The summed E-state index contributed by atoms with van der Waals surface area (Å²) in [6.07, 6.45) is 11.8. The predicted octanol–water partition coefficient (Wildman–Crippen LogP) is 15.4. The molecule has 1 aliphatic carbocycles. The normalized spacial score (nSPS) is 13.5. The second kappa shape index (κ2) is 19.6. The van der Waals surface area contributed by atoms with Crippen LogP contribution in [0.25, 0.3) is 66.7 Å². The van der Waals surface area contributed by atoms with Crippen LogP contribution in [0, 0.1) is 31.9 Å². The predicted molar refractivity (Wildman–Crippen MR) is 268 cm³/mol. The average molecular weight is 1040 g/mol. The van der Waals surface area contributed by atoms with Crippen LogP contribution in [0.3, 0.4) is 0 Å². The molecule has 1 radical (unpaired) electrons. The van der Waals surface area contributed by atoms with Crippen molar-refractivity contribution in [2.24, 2.45) is 5.92 Å². The molecule has 64 heavy (non-hydrogen) atoms. The van der Waals surface area contributed by atoms with Crippen LogP contribution in [-0.2, 0) is 31.9 Å². The number of aromatic nitrogens is 3.